The summed E-state index contributed by atoms with van der Waals surface area (Å²) in [5.74, 6) is 0.994. The van der Waals surface area contributed by atoms with E-state index < -0.39 is 27.2 Å². The predicted molar refractivity (Wildman–Crippen MR) is 128 cm³/mol. The molecule has 3 aromatic heterocycles. The van der Waals surface area contributed by atoms with Crippen LogP contribution in [-0.4, -0.2) is 52.7 Å². The number of nitrogens with one attached hydrogen (secondary N) is 1. The number of methoxy groups -OCH3 is 2. The molecule has 36 heavy (non-hydrogen) atoms. The fourth-order valence-electron chi connectivity index (χ4n) is 3.52. The lowest BCUT2D eigenvalue weighted by Crippen LogP contribution is -2.32. The second-order valence-electron chi connectivity index (χ2n) is 7.80. The number of rotatable bonds is 9. The maximum atomic E-state index is 13.3. The van der Waals surface area contributed by atoms with E-state index in [1.54, 1.807) is 37.3 Å². The molecule has 2 N–H and O–H groups in total. The van der Waals surface area contributed by atoms with Crippen molar-refractivity contribution in [2.45, 2.75) is 25.2 Å². The maximum absolute atomic E-state index is 13.3. The van der Waals surface area contributed by atoms with E-state index in [2.05, 4.69) is 19.9 Å². The van der Waals surface area contributed by atoms with Crippen LogP contribution < -0.4 is 14.2 Å². The highest BCUT2D eigenvalue weighted by molar-refractivity contribution is 7.93. The molecule has 0 aliphatic carbocycles. The van der Waals surface area contributed by atoms with Gasteiger partial charge in [0.1, 0.15) is 40.1 Å². The molecule has 0 aliphatic rings. The van der Waals surface area contributed by atoms with E-state index in [4.69, 9.17) is 13.9 Å². The van der Waals surface area contributed by atoms with Gasteiger partial charge in [-0.1, -0.05) is 6.07 Å². The Morgan fingerprint density at radius 3 is 2.33 bits per heavy atom. The van der Waals surface area contributed by atoms with Gasteiger partial charge in [-0.05, 0) is 50.2 Å². The normalized spacial score (nSPS) is 13.3. The van der Waals surface area contributed by atoms with Crippen LogP contribution in [0, 0.1) is 12.7 Å². The van der Waals surface area contributed by atoms with Crippen LogP contribution in [0.25, 0.3) is 17.3 Å². The summed E-state index contributed by atoms with van der Waals surface area (Å²) >= 11 is 0. The van der Waals surface area contributed by atoms with Gasteiger partial charge in [0.2, 0.25) is 21.8 Å². The van der Waals surface area contributed by atoms with Crippen molar-refractivity contribution in [1.82, 2.24) is 19.7 Å². The highest BCUT2D eigenvalue weighted by atomic mass is 32.2. The first kappa shape index (κ1) is 25.1. The quantitative estimate of drug-likeness (QED) is 0.342. The average Bonchev–Trinajstić information content (AvgIpc) is 3.48. The van der Waals surface area contributed by atoms with Crippen LogP contribution in [0.5, 0.6) is 11.5 Å². The van der Waals surface area contributed by atoms with Crippen LogP contribution in [0.15, 0.2) is 53.1 Å². The third-order valence-electron chi connectivity index (χ3n) is 5.47. The van der Waals surface area contributed by atoms with Gasteiger partial charge >= 0.3 is 0 Å². The van der Waals surface area contributed by atoms with Crippen molar-refractivity contribution >= 4 is 16.0 Å². The zero-order valence-corrected chi connectivity index (χ0v) is 20.7. The minimum atomic E-state index is -4.27. The van der Waals surface area contributed by atoms with Crippen molar-refractivity contribution in [1.29, 1.82) is 0 Å². The molecule has 11 nitrogen and oxygen atoms in total. The molecule has 0 saturated carbocycles. The van der Waals surface area contributed by atoms with E-state index in [0.717, 1.165) is 12.3 Å². The second-order valence-corrected chi connectivity index (χ2v) is 9.84. The van der Waals surface area contributed by atoms with Gasteiger partial charge in [0, 0.05) is 0 Å². The minimum Gasteiger partial charge on any atom is -0.494 e. The van der Waals surface area contributed by atoms with Crippen molar-refractivity contribution in [3.8, 4) is 28.8 Å². The first-order valence-electron chi connectivity index (χ1n) is 10.7. The highest BCUT2D eigenvalue weighted by Gasteiger charge is 2.33. The van der Waals surface area contributed by atoms with Crippen molar-refractivity contribution in [2.24, 2.45) is 0 Å². The molecule has 0 spiro atoms. The molecule has 3 heterocycles. The van der Waals surface area contributed by atoms with Crippen molar-refractivity contribution in [3.05, 3.63) is 65.9 Å². The number of ether oxygens (including phenoxy) is 2. The van der Waals surface area contributed by atoms with Crippen molar-refractivity contribution < 1.29 is 31.8 Å². The number of benzene rings is 1. The molecule has 13 heteroatoms. The molecular formula is C23H24FN5O6S. The summed E-state index contributed by atoms with van der Waals surface area (Å²) in [6.07, 6.45) is -0.652. The summed E-state index contributed by atoms with van der Waals surface area (Å²) in [5.41, 5.74) is 0.316. The number of halogens is 1. The van der Waals surface area contributed by atoms with Crippen LogP contribution in [0.1, 0.15) is 24.5 Å². The van der Waals surface area contributed by atoms with Gasteiger partial charge in [-0.3, -0.25) is 14.3 Å². The van der Waals surface area contributed by atoms with Gasteiger partial charge in [0.25, 0.3) is 0 Å². The molecule has 0 unspecified atom stereocenters. The summed E-state index contributed by atoms with van der Waals surface area (Å²) in [6.45, 7) is 3.04. The lowest BCUT2D eigenvalue weighted by Gasteiger charge is -2.21. The van der Waals surface area contributed by atoms with Crippen LogP contribution >= 0.6 is 0 Å². The Morgan fingerprint density at radius 1 is 1.08 bits per heavy atom. The maximum Gasteiger partial charge on any atom is 0.243 e. The number of aliphatic hydroxyl groups is 1. The number of aryl methyl sites for hydroxylation is 1. The first-order chi connectivity index (χ1) is 17.2. The minimum absolute atomic E-state index is 0.00566. The number of sulfonamides is 1. The Labute approximate surface area is 206 Å². The number of aromatic nitrogens is 4. The molecular weight excluding hydrogens is 493 g/mol. The number of pyridine rings is 1. The monoisotopic (exact) mass is 517 g/mol. The third kappa shape index (κ3) is 4.75. The molecule has 0 bridgehead atoms. The van der Waals surface area contributed by atoms with Crippen LogP contribution in [0.4, 0.5) is 10.3 Å². The molecule has 4 aromatic rings. The van der Waals surface area contributed by atoms with E-state index in [9.17, 15) is 17.9 Å². The summed E-state index contributed by atoms with van der Waals surface area (Å²) < 4.78 is 60.3. The fourth-order valence-corrected chi connectivity index (χ4v) is 4.57. The van der Waals surface area contributed by atoms with E-state index >= 15 is 0 Å². The summed E-state index contributed by atoms with van der Waals surface area (Å²) in [5, 5.41) is 17.4. The van der Waals surface area contributed by atoms with Crippen LogP contribution in [0.3, 0.4) is 0 Å². The third-order valence-corrected chi connectivity index (χ3v) is 7.17. The summed E-state index contributed by atoms with van der Waals surface area (Å²) in [6, 6.07) is 10.7. The molecule has 0 amide bonds. The van der Waals surface area contributed by atoms with E-state index in [-0.39, 0.29) is 17.5 Å². The number of hydrogen-bond donors (Lipinski definition) is 2. The zero-order chi connectivity index (χ0) is 26.0. The summed E-state index contributed by atoms with van der Waals surface area (Å²) in [7, 11) is -1.36. The van der Waals surface area contributed by atoms with E-state index in [0.29, 0.717) is 28.7 Å². The van der Waals surface area contributed by atoms with Gasteiger partial charge in [-0.2, -0.15) is 0 Å². The molecule has 0 saturated heterocycles. The number of nitrogens with zero attached hydrogens (tertiary/aromatic N) is 4. The number of hydrogen-bond acceptors (Lipinski definition) is 9. The molecule has 0 radical (unpaired) electrons. The van der Waals surface area contributed by atoms with Gasteiger partial charge in [-0.15, -0.1) is 10.2 Å². The lowest BCUT2D eigenvalue weighted by atomic mass is 10.2. The molecule has 4 rings (SSSR count). The van der Waals surface area contributed by atoms with E-state index in [1.165, 1.54) is 31.8 Å². The average molecular weight is 518 g/mol. The SMILES string of the molecule is COc1cccc(OC)c1-n1c(NS(=O)(=O)[C@H](C)[C@H](O)c2ccc(F)cn2)nnc1-c1ccc(C)o1. The van der Waals surface area contributed by atoms with Gasteiger partial charge in [0.05, 0.1) is 26.1 Å². The van der Waals surface area contributed by atoms with Gasteiger partial charge < -0.3 is 19.0 Å². The van der Waals surface area contributed by atoms with E-state index in [1.807, 2.05) is 0 Å². The fraction of sp³-hybridized carbons (Fsp3) is 0.261. The Balaban J connectivity index is 1.81. The van der Waals surface area contributed by atoms with Gasteiger partial charge in [0.15, 0.2) is 5.76 Å². The van der Waals surface area contributed by atoms with Crippen molar-refractivity contribution in [2.75, 3.05) is 18.9 Å². The number of anilines is 1. The Morgan fingerprint density at radius 2 is 1.78 bits per heavy atom. The number of para-hydroxylation sites is 1. The highest BCUT2D eigenvalue weighted by Crippen LogP contribution is 2.38. The zero-order valence-electron chi connectivity index (χ0n) is 19.8. The first-order valence-corrected chi connectivity index (χ1v) is 12.3. The predicted octanol–water partition coefficient (Wildman–Crippen LogP) is 3.25. The molecule has 190 valence electrons. The standard InChI is InChI=1S/C23H24FN5O6S/c1-13-8-11-19(35-13)22-26-27-23(29(22)20-17(33-3)6-5-7-18(20)34-4)28-36(31,32)14(2)21(30)16-10-9-15(24)12-25-16/h5-12,14,21,30H,1-4H3,(H,27,28)/t14-,21+/m1/s1. The Kier molecular flexibility index (Phi) is 6.95. The molecule has 0 aliphatic heterocycles. The summed E-state index contributed by atoms with van der Waals surface area (Å²) in [4.78, 5) is 3.78. The largest absolute Gasteiger partial charge is 0.494 e. The number of aliphatic hydroxyl groups excluding tert-OH is 1. The molecule has 2 atom stereocenters. The Hall–Kier alpha value is -3.97. The molecule has 0 fully saturated rings. The van der Waals surface area contributed by atoms with Crippen molar-refractivity contribution in [3.63, 3.8) is 0 Å². The molecule has 1 aromatic carbocycles. The topological polar surface area (TPSA) is 142 Å². The second kappa shape index (κ2) is 9.95. The lowest BCUT2D eigenvalue weighted by molar-refractivity contribution is 0.171. The van der Waals surface area contributed by atoms with Crippen LogP contribution in [0.2, 0.25) is 0 Å². The number of furan rings is 1. The smallest absolute Gasteiger partial charge is 0.243 e. The Bertz CT molecular complexity index is 1450. The van der Waals surface area contributed by atoms with Gasteiger partial charge in [-0.25, -0.2) is 12.8 Å². The van der Waals surface area contributed by atoms with Crippen LogP contribution in [-0.2, 0) is 10.0 Å².